The van der Waals surface area contributed by atoms with Crippen LogP contribution in [0.15, 0.2) is 23.1 Å². The molecule has 0 bridgehead atoms. The monoisotopic (exact) mass is 331 g/mol. The van der Waals surface area contributed by atoms with Crippen molar-refractivity contribution in [3.63, 3.8) is 0 Å². The maximum Gasteiger partial charge on any atom is 0.271 e. The van der Waals surface area contributed by atoms with Crippen LogP contribution in [0.1, 0.15) is 19.3 Å². The lowest BCUT2D eigenvalue weighted by Crippen LogP contribution is -2.40. The van der Waals surface area contributed by atoms with E-state index in [0.717, 1.165) is 25.3 Å². The Labute approximate surface area is 127 Å². The summed E-state index contributed by atoms with van der Waals surface area (Å²) in [7, 11) is -3.93. The highest BCUT2D eigenvalue weighted by atomic mass is 32.2. The minimum Gasteiger partial charge on any atom is -0.382 e. The lowest BCUT2D eigenvalue weighted by Gasteiger charge is -2.40. The van der Waals surface area contributed by atoms with Crippen molar-refractivity contribution in [2.45, 2.75) is 28.9 Å². The van der Waals surface area contributed by atoms with Gasteiger partial charge in [0.25, 0.3) is 5.69 Å². The van der Waals surface area contributed by atoms with Gasteiger partial charge >= 0.3 is 0 Å². The highest BCUT2D eigenvalue weighted by molar-refractivity contribution is 8.00. The summed E-state index contributed by atoms with van der Waals surface area (Å²) in [5.41, 5.74) is 0.0173. The first kappa shape index (κ1) is 16.1. The van der Waals surface area contributed by atoms with Crippen LogP contribution in [0.2, 0.25) is 0 Å². The quantitative estimate of drug-likeness (QED) is 0.608. The summed E-state index contributed by atoms with van der Waals surface area (Å²) in [6.07, 6.45) is 5.23. The Morgan fingerprint density at radius 2 is 2.14 bits per heavy atom. The molecule has 0 aliphatic heterocycles. The molecule has 21 heavy (non-hydrogen) atoms. The summed E-state index contributed by atoms with van der Waals surface area (Å²) in [6.45, 7) is 0.553. The van der Waals surface area contributed by atoms with E-state index in [0.29, 0.717) is 6.54 Å². The van der Waals surface area contributed by atoms with E-state index < -0.39 is 14.9 Å². The van der Waals surface area contributed by atoms with Gasteiger partial charge in [-0.3, -0.25) is 10.1 Å². The van der Waals surface area contributed by atoms with Gasteiger partial charge in [0.05, 0.1) is 10.6 Å². The zero-order chi connectivity index (χ0) is 15.7. The molecular formula is C12H17N3O4S2. The first-order chi connectivity index (χ1) is 9.77. The molecule has 1 aromatic rings. The number of non-ortho nitro benzene ring substituents is 1. The van der Waals surface area contributed by atoms with Crippen LogP contribution in [-0.4, -0.2) is 30.9 Å². The van der Waals surface area contributed by atoms with Crippen molar-refractivity contribution in [2.75, 3.05) is 18.1 Å². The van der Waals surface area contributed by atoms with E-state index in [2.05, 4.69) is 5.32 Å². The predicted octanol–water partition coefficient (Wildman–Crippen LogP) is 1.94. The Kier molecular flexibility index (Phi) is 4.45. The number of hydrogen-bond acceptors (Lipinski definition) is 6. The molecule has 7 nitrogen and oxygen atoms in total. The highest BCUT2D eigenvalue weighted by Gasteiger charge is 2.36. The molecule has 0 spiro atoms. The largest absolute Gasteiger partial charge is 0.382 e. The summed E-state index contributed by atoms with van der Waals surface area (Å²) >= 11 is 1.73. The third-order valence-corrected chi connectivity index (χ3v) is 6.17. The van der Waals surface area contributed by atoms with Gasteiger partial charge in [0, 0.05) is 23.4 Å². The Hall–Kier alpha value is -1.32. The van der Waals surface area contributed by atoms with Gasteiger partial charge in [-0.2, -0.15) is 11.8 Å². The fourth-order valence-corrected chi connectivity index (χ4v) is 3.91. The molecule has 0 amide bonds. The molecule has 1 aliphatic carbocycles. The summed E-state index contributed by atoms with van der Waals surface area (Å²) < 4.78 is 23.2. The number of nitro benzene ring substituents is 1. The fraction of sp³-hybridized carbons (Fsp3) is 0.500. The summed E-state index contributed by atoms with van der Waals surface area (Å²) in [6, 6.07) is 3.52. The molecule has 0 radical (unpaired) electrons. The summed E-state index contributed by atoms with van der Waals surface area (Å²) in [5.74, 6) is 0. The second-order valence-electron chi connectivity index (χ2n) is 5.08. The van der Waals surface area contributed by atoms with Gasteiger partial charge in [-0.1, -0.05) is 6.42 Å². The van der Waals surface area contributed by atoms with E-state index in [1.807, 2.05) is 6.26 Å². The number of nitro groups is 1. The standard InChI is InChI=1S/C12H17N3O4S2/c1-20-12(5-2-6-12)8-14-10-7-9(15(16)17)3-4-11(10)21(13,18)19/h3-4,7,14H,2,5-6,8H2,1H3,(H2,13,18,19). The van der Waals surface area contributed by atoms with E-state index in [1.165, 1.54) is 12.1 Å². The van der Waals surface area contributed by atoms with E-state index >= 15 is 0 Å². The first-order valence-electron chi connectivity index (χ1n) is 6.38. The SMILES string of the molecule is CSC1(CNc2cc([N+](=O)[O-])ccc2S(N)(=O)=O)CCC1. The van der Waals surface area contributed by atoms with Crippen LogP contribution in [0.5, 0.6) is 0 Å². The topological polar surface area (TPSA) is 115 Å². The molecular weight excluding hydrogens is 314 g/mol. The van der Waals surface area contributed by atoms with Crippen molar-refractivity contribution in [1.82, 2.24) is 0 Å². The van der Waals surface area contributed by atoms with E-state index in [9.17, 15) is 18.5 Å². The smallest absolute Gasteiger partial charge is 0.271 e. The van der Waals surface area contributed by atoms with Gasteiger partial charge < -0.3 is 5.32 Å². The summed E-state index contributed by atoms with van der Waals surface area (Å²) in [5, 5.41) is 19.0. The van der Waals surface area contributed by atoms with Gasteiger partial charge in [0.2, 0.25) is 10.0 Å². The zero-order valence-electron chi connectivity index (χ0n) is 11.5. The van der Waals surface area contributed by atoms with Crippen molar-refractivity contribution in [3.05, 3.63) is 28.3 Å². The van der Waals surface area contributed by atoms with Crippen LogP contribution in [0.4, 0.5) is 11.4 Å². The van der Waals surface area contributed by atoms with Gasteiger partial charge in [-0.25, -0.2) is 13.6 Å². The maximum absolute atomic E-state index is 11.6. The lowest BCUT2D eigenvalue weighted by molar-refractivity contribution is -0.384. The van der Waals surface area contributed by atoms with Gasteiger partial charge in [-0.05, 0) is 25.2 Å². The van der Waals surface area contributed by atoms with Crippen LogP contribution in [0.25, 0.3) is 0 Å². The van der Waals surface area contributed by atoms with Gasteiger partial charge in [-0.15, -0.1) is 0 Å². The van der Waals surface area contributed by atoms with Crippen LogP contribution >= 0.6 is 11.8 Å². The fourth-order valence-electron chi connectivity index (χ4n) is 2.30. The van der Waals surface area contributed by atoms with E-state index in [4.69, 9.17) is 5.14 Å². The summed E-state index contributed by atoms with van der Waals surface area (Å²) in [4.78, 5) is 10.1. The molecule has 1 saturated carbocycles. The average molecular weight is 331 g/mol. The number of thioether (sulfide) groups is 1. The lowest BCUT2D eigenvalue weighted by atomic mass is 9.84. The Balaban J connectivity index is 2.30. The normalized spacial score (nSPS) is 17.0. The van der Waals surface area contributed by atoms with Crippen LogP contribution in [0, 0.1) is 10.1 Å². The third kappa shape index (κ3) is 3.47. The molecule has 3 N–H and O–H groups in total. The minimum absolute atomic E-state index is 0.0697. The average Bonchev–Trinajstić information content (AvgIpc) is 2.36. The van der Waals surface area contributed by atoms with Crippen molar-refractivity contribution in [3.8, 4) is 0 Å². The van der Waals surface area contributed by atoms with Crippen LogP contribution < -0.4 is 10.5 Å². The number of primary sulfonamides is 1. The third-order valence-electron chi connectivity index (χ3n) is 3.78. The van der Waals surface area contributed by atoms with Crippen LogP contribution in [-0.2, 0) is 10.0 Å². The minimum atomic E-state index is -3.93. The predicted molar refractivity (Wildman–Crippen MR) is 83.1 cm³/mol. The van der Waals surface area contributed by atoms with Crippen molar-refractivity contribution in [2.24, 2.45) is 5.14 Å². The second-order valence-corrected chi connectivity index (χ2v) is 7.88. The van der Waals surface area contributed by atoms with E-state index in [-0.39, 0.29) is 21.0 Å². The number of benzene rings is 1. The van der Waals surface area contributed by atoms with Crippen molar-refractivity contribution >= 4 is 33.2 Å². The Bertz CT molecular complexity index is 651. The molecule has 0 heterocycles. The molecule has 2 rings (SSSR count). The second kappa shape index (κ2) is 5.82. The first-order valence-corrected chi connectivity index (χ1v) is 9.15. The maximum atomic E-state index is 11.6. The molecule has 1 fully saturated rings. The number of nitrogens with one attached hydrogen (secondary N) is 1. The highest BCUT2D eigenvalue weighted by Crippen LogP contribution is 2.43. The Morgan fingerprint density at radius 3 is 2.57 bits per heavy atom. The molecule has 9 heteroatoms. The number of sulfonamides is 1. The number of rotatable bonds is 6. The molecule has 1 aliphatic rings. The number of nitrogens with two attached hydrogens (primary N) is 1. The molecule has 116 valence electrons. The number of anilines is 1. The molecule has 1 aromatic carbocycles. The van der Waals surface area contributed by atoms with Crippen molar-refractivity contribution < 1.29 is 13.3 Å². The van der Waals surface area contributed by atoms with Gasteiger partial charge in [0.1, 0.15) is 4.90 Å². The molecule has 0 saturated heterocycles. The van der Waals surface area contributed by atoms with Crippen LogP contribution in [0.3, 0.4) is 0 Å². The number of nitrogens with zero attached hydrogens (tertiary/aromatic N) is 1. The zero-order valence-corrected chi connectivity index (χ0v) is 13.2. The molecule has 0 atom stereocenters. The Morgan fingerprint density at radius 1 is 1.48 bits per heavy atom. The molecule has 0 unspecified atom stereocenters. The van der Waals surface area contributed by atoms with Crippen molar-refractivity contribution in [1.29, 1.82) is 0 Å². The number of hydrogen-bond donors (Lipinski definition) is 2. The van der Waals surface area contributed by atoms with E-state index in [1.54, 1.807) is 11.8 Å². The van der Waals surface area contributed by atoms with Gasteiger partial charge in [0.15, 0.2) is 0 Å². The molecule has 0 aromatic heterocycles.